The maximum absolute atomic E-state index is 11.9. The molecule has 0 fully saturated rings. The van der Waals surface area contributed by atoms with Crippen molar-refractivity contribution in [3.8, 4) is 67.9 Å². The quantitative estimate of drug-likeness (QED) is 0.0216. The van der Waals surface area contributed by atoms with Gasteiger partial charge in [-0.05, 0) is 324 Å². The molecule has 6 unspecified atom stereocenters. The zero-order valence-electron chi connectivity index (χ0n) is 87.6. The van der Waals surface area contributed by atoms with Gasteiger partial charge in [0.05, 0.1) is 0 Å². The molecule has 150 heavy (non-hydrogen) atoms. The molecule has 740 valence electrons. The lowest BCUT2D eigenvalue weighted by Crippen LogP contribution is -2.29. The van der Waals surface area contributed by atoms with Crippen LogP contribution in [0.5, 0.6) is 34.5 Å². The molecule has 21 aromatic carbocycles. The van der Waals surface area contributed by atoms with E-state index < -0.39 is 10.8 Å². The first-order valence-corrected chi connectivity index (χ1v) is 53.8. The fraction of sp³-hybridized carbons (Fsp3) is 0.181. The minimum absolute atomic E-state index is 0.0328. The standard InChI is InChI=1S/C52H44O2.C48H42O2.C44H42O2/c1-5-31-26-39(40(6-2)42-22-18-37-16-14-33-10-8-12-35-20-24-44(42)50(37)48(33)35)28-46(52(31)54)45-27-38(25-29(3)51(45)53)30(4)41-21-17-36-15-13-32-9-7-11-34-19-23-43(41)49(36)47(32)34;1-5-31-24-37(38(6-2)46-41-21-13-9-17-34(41)26-35-18-10-14-22-42(35)46)28-44(48(31)50)43-27-36(23-29(3)47(43)49)30(4)45-39-19-11-7-15-32(39)25-33-16-8-12-20-40(33)45;1-5-32-28-38(44(6-2,35-23-15-9-16-24-35)36-25-17-10-18-26-36)30-40(42(32)46)39-29-37(27-31(3)41(39)45)43(4,33-19-11-7-12-20-33)34-21-13-8-14-22-34/h7-28,30,37,40,50,53-54H,5-6H2,1-4H3;7-28,30,38,49-50H,5-6H2,1-4H3;7-30,45-46H,5-6H2,1-4H3. The summed E-state index contributed by atoms with van der Waals surface area (Å²) in [6.07, 6.45) is 18.7. The van der Waals surface area contributed by atoms with Gasteiger partial charge in [0.1, 0.15) is 34.5 Å². The van der Waals surface area contributed by atoms with Crippen LogP contribution >= 0.6 is 0 Å². The van der Waals surface area contributed by atoms with E-state index in [2.05, 4.69) is 463 Å². The summed E-state index contributed by atoms with van der Waals surface area (Å²) >= 11 is 0. The Morgan fingerprint density at radius 3 is 1.15 bits per heavy atom. The second kappa shape index (κ2) is 40.6. The molecule has 3 aliphatic rings. The van der Waals surface area contributed by atoms with Crippen LogP contribution < -0.4 is 0 Å². The van der Waals surface area contributed by atoms with E-state index in [4.69, 9.17) is 0 Å². The lowest BCUT2D eigenvalue weighted by Gasteiger charge is -2.38. The van der Waals surface area contributed by atoms with E-state index >= 15 is 0 Å². The predicted molar refractivity (Wildman–Crippen MR) is 630 cm³/mol. The molecule has 0 saturated carbocycles. The maximum atomic E-state index is 11.9. The van der Waals surface area contributed by atoms with Crippen molar-refractivity contribution in [1.82, 2.24) is 0 Å². The molecule has 0 saturated heterocycles. The van der Waals surface area contributed by atoms with E-state index in [9.17, 15) is 30.6 Å². The zero-order chi connectivity index (χ0) is 104. The first-order valence-electron chi connectivity index (χ1n) is 53.8. The second-order valence-corrected chi connectivity index (χ2v) is 42.0. The van der Waals surface area contributed by atoms with Gasteiger partial charge in [0, 0.05) is 79.7 Å². The van der Waals surface area contributed by atoms with Crippen molar-refractivity contribution in [3.05, 3.63) is 534 Å². The predicted octanol–water partition coefficient (Wildman–Crippen LogP) is 37.2. The van der Waals surface area contributed by atoms with E-state index in [0.29, 0.717) is 64.5 Å². The molecule has 21 aromatic rings. The van der Waals surface area contributed by atoms with E-state index in [1.54, 1.807) is 0 Å². The molecule has 3 aliphatic carbocycles. The Bertz CT molecular complexity index is 8740. The third-order valence-corrected chi connectivity index (χ3v) is 33.8. The number of aromatic hydroxyl groups is 6. The molecule has 0 spiro atoms. The Kier molecular flexibility index (Phi) is 26.6. The van der Waals surface area contributed by atoms with Gasteiger partial charge in [0.2, 0.25) is 0 Å². The van der Waals surface area contributed by atoms with Crippen molar-refractivity contribution in [3.63, 3.8) is 0 Å². The highest BCUT2D eigenvalue weighted by atomic mass is 16.3. The van der Waals surface area contributed by atoms with Crippen LogP contribution in [0.2, 0.25) is 0 Å². The van der Waals surface area contributed by atoms with Crippen LogP contribution in [0, 0.1) is 26.7 Å². The van der Waals surface area contributed by atoms with Crippen LogP contribution in [0.1, 0.15) is 234 Å². The fourth-order valence-electron chi connectivity index (χ4n) is 25.8. The first kappa shape index (κ1) is 98.1. The molecule has 6 heteroatoms. The van der Waals surface area contributed by atoms with Gasteiger partial charge in [-0.1, -0.05) is 419 Å². The van der Waals surface area contributed by atoms with Crippen LogP contribution in [0.15, 0.2) is 412 Å². The highest BCUT2D eigenvalue weighted by molar-refractivity contribution is 6.24. The third-order valence-electron chi connectivity index (χ3n) is 33.8. The van der Waals surface area contributed by atoms with E-state index in [1.807, 2.05) is 32.9 Å². The number of fused-ring (bicyclic) bond motifs is 4. The van der Waals surface area contributed by atoms with Crippen molar-refractivity contribution >= 4 is 87.6 Å². The van der Waals surface area contributed by atoms with Crippen molar-refractivity contribution in [2.75, 3.05) is 0 Å². The summed E-state index contributed by atoms with van der Waals surface area (Å²) in [5.74, 6) is 2.28. The number of allylic oxidation sites excluding steroid dienone is 6. The Morgan fingerprint density at radius 1 is 0.280 bits per heavy atom. The number of phenols is 6. The summed E-state index contributed by atoms with van der Waals surface area (Å²) in [6, 6.07) is 134. The molecule has 6 atom stereocenters. The average molecular weight is 1950 g/mol. The largest absolute Gasteiger partial charge is 0.507 e. The molecule has 6 N–H and O–H groups in total. The molecule has 24 rings (SSSR count). The highest BCUT2D eigenvalue weighted by Crippen LogP contribution is 2.57. The molecule has 0 bridgehead atoms. The van der Waals surface area contributed by atoms with Crippen molar-refractivity contribution < 1.29 is 30.6 Å². The first-order chi connectivity index (χ1) is 73.0. The summed E-state index contributed by atoms with van der Waals surface area (Å²) < 4.78 is 0. The van der Waals surface area contributed by atoms with Gasteiger partial charge in [-0.3, -0.25) is 0 Å². The van der Waals surface area contributed by atoms with E-state index in [1.165, 1.54) is 137 Å². The zero-order valence-corrected chi connectivity index (χ0v) is 87.6. The van der Waals surface area contributed by atoms with Crippen LogP contribution in [-0.2, 0) is 30.1 Å². The topological polar surface area (TPSA) is 121 Å². The van der Waals surface area contributed by atoms with Crippen molar-refractivity contribution in [2.45, 2.75) is 162 Å². The number of rotatable bonds is 23. The van der Waals surface area contributed by atoms with Crippen molar-refractivity contribution in [2.24, 2.45) is 5.92 Å². The highest BCUT2D eigenvalue weighted by Gasteiger charge is 2.41. The number of aryl methyl sites for hydroxylation is 6. The SMILES string of the molecule is CCc1cc(C(CC)(c2ccccc2)c2ccccc2)cc(-c2cc(C(C)(c3ccccc3)c3ccccc3)cc(C)c2O)c1O.CCc1cc(C(CC)C2=C3C=Cc4cccc5c4C3C(C=C2)C=C5)cc(-c2cc(C(C)c3ccc4ccc5cccc6ccc3c4c56)cc(C)c2O)c1O.CCc1cc(C(CC)c2c3ccccc3cc3ccccc23)cc(-c2cc(C(C)c3c4ccccc4cc4ccccc34)cc(C)c2O)c1O. The Hall–Kier alpha value is -16.5. The van der Waals surface area contributed by atoms with Gasteiger partial charge in [-0.25, -0.2) is 0 Å². The normalized spacial score (nSPS) is 14.5. The Labute approximate surface area is 881 Å². The second-order valence-electron chi connectivity index (χ2n) is 42.0. The minimum Gasteiger partial charge on any atom is -0.507 e. The van der Waals surface area contributed by atoms with Gasteiger partial charge < -0.3 is 30.6 Å². The lowest BCUT2D eigenvalue weighted by atomic mass is 9.65. The monoisotopic (exact) mass is 1950 g/mol. The third kappa shape index (κ3) is 17.0. The summed E-state index contributed by atoms with van der Waals surface area (Å²) in [5, 5.41) is 88.4. The smallest absolute Gasteiger partial charge is 0.126 e. The Morgan fingerprint density at radius 2 is 0.660 bits per heavy atom. The maximum Gasteiger partial charge on any atom is 0.126 e. The van der Waals surface area contributed by atoms with Crippen LogP contribution in [-0.4, -0.2) is 30.6 Å². The number of benzene rings is 21. The molecular formula is C144H128O6. The average Bonchev–Trinajstić information content (AvgIpc) is 0.739. The van der Waals surface area contributed by atoms with E-state index in [0.717, 1.165) is 91.6 Å². The van der Waals surface area contributed by atoms with Gasteiger partial charge in [-0.2, -0.15) is 0 Å². The summed E-state index contributed by atoms with van der Waals surface area (Å²) in [6.45, 7) is 25.7. The number of hydrogen-bond donors (Lipinski definition) is 6. The molecule has 0 aliphatic heterocycles. The number of phenolic OH excluding ortho intramolecular Hbond substituents is 6. The van der Waals surface area contributed by atoms with Crippen molar-refractivity contribution in [1.29, 1.82) is 0 Å². The number of hydrogen-bond acceptors (Lipinski definition) is 6. The van der Waals surface area contributed by atoms with Gasteiger partial charge >= 0.3 is 0 Å². The van der Waals surface area contributed by atoms with Crippen LogP contribution in [0.3, 0.4) is 0 Å². The molecule has 0 amide bonds. The fourth-order valence-corrected chi connectivity index (χ4v) is 25.8. The molecule has 6 nitrogen and oxygen atoms in total. The summed E-state index contributed by atoms with van der Waals surface area (Å²) in [4.78, 5) is 0. The molecule has 0 aromatic heterocycles. The van der Waals surface area contributed by atoms with E-state index in [-0.39, 0.29) is 58.2 Å². The van der Waals surface area contributed by atoms with Gasteiger partial charge in [0.15, 0.2) is 0 Å². The van der Waals surface area contributed by atoms with Gasteiger partial charge in [-0.15, -0.1) is 0 Å². The Balaban J connectivity index is 0.000000128. The van der Waals surface area contributed by atoms with Crippen LogP contribution in [0.25, 0.3) is 121 Å². The summed E-state index contributed by atoms with van der Waals surface area (Å²) in [5.41, 5.74) is 30.1. The van der Waals surface area contributed by atoms with Crippen LogP contribution in [0.4, 0.5) is 0 Å². The lowest BCUT2D eigenvalue weighted by molar-refractivity contribution is 0.462. The molecule has 0 heterocycles. The van der Waals surface area contributed by atoms with Gasteiger partial charge in [0.25, 0.3) is 0 Å². The summed E-state index contributed by atoms with van der Waals surface area (Å²) in [7, 11) is 0. The minimum atomic E-state index is -0.502. The molecule has 0 radical (unpaired) electrons. The molecular weight excluding hydrogens is 1830 g/mol.